The van der Waals surface area contributed by atoms with Crippen molar-refractivity contribution in [3.05, 3.63) is 122 Å². The largest absolute Gasteiger partial charge is 0.462 e. The number of thioether (sulfide) groups is 1. The van der Waals surface area contributed by atoms with Crippen LogP contribution in [0.5, 0.6) is 0 Å². The molecular weight excluding hydrogens is 759 g/mol. The van der Waals surface area contributed by atoms with Gasteiger partial charge in [-0.3, -0.25) is 24.5 Å². The first-order valence-corrected chi connectivity index (χ1v) is 19.3. The lowest BCUT2D eigenvalue weighted by Gasteiger charge is -2.30. The molecule has 1 aliphatic rings. The number of esters is 1. The molecule has 2 heterocycles. The monoisotopic (exact) mass is 799 g/mol. The van der Waals surface area contributed by atoms with Crippen LogP contribution < -0.4 is 16.0 Å². The van der Waals surface area contributed by atoms with Crippen molar-refractivity contribution in [2.75, 3.05) is 23.8 Å². The molecule has 4 aromatic rings. The Morgan fingerprint density at radius 2 is 1.71 bits per heavy atom. The summed E-state index contributed by atoms with van der Waals surface area (Å²) in [5.74, 6) is -2.12. The highest BCUT2D eigenvalue weighted by molar-refractivity contribution is 8.00. The van der Waals surface area contributed by atoms with E-state index in [1.165, 1.54) is 53.4 Å². The Kier molecular flexibility index (Phi) is 13.3. The molecule has 3 aromatic carbocycles. The van der Waals surface area contributed by atoms with Crippen LogP contribution >= 0.6 is 23.1 Å². The summed E-state index contributed by atoms with van der Waals surface area (Å²) in [6, 6.07) is 20.6. The number of hydrogen-bond donors (Lipinski definition) is 3. The molecule has 0 aliphatic carbocycles. The fraction of sp³-hybridized carbons (Fsp3) is 0.275. The lowest BCUT2D eigenvalue weighted by molar-refractivity contribution is -0.384. The molecule has 3 N–H and O–H groups in total. The number of hydrogen-bond acceptors (Lipinski definition) is 11. The zero-order chi connectivity index (χ0) is 40.6. The topological polar surface area (TPSA) is 186 Å². The first kappa shape index (κ1) is 41.2. The molecule has 4 amide bonds. The molecular formula is C40H41N5O9S2. The highest BCUT2D eigenvalue weighted by Crippen LogP contribution is 2.39. The van der Waals surface area contributed by atoms with E-state index in [-0.39, 0.29) is 36.0 Å². The number of benzene rings is 3. The van der Waals surface area contributed by atoms with Crippen LogP contribution in [0.1, 0.15) is 71.3 Å². The Balaban J connectivity index is 1.30. The second-order valence-electron chi connectivity index (χ2n) is 13.5. The Morgan fingerprint density at radius 3 is 2.38 bits per heavy atom. The van der Waals surface area contributed by atoms with E-state index in [9.17, 15) is 34.1 Å². The standard InChI is InChI=1S/C40H41N5O9S2/c1-6-53-38(49)33-30-19-20-44(39(50)54-40(3,4)5)23-32(30)56-37(33)43-34(46)24(2)55-29-14-10-13-27(22-29)41-36(48)31(42-35(47)26-11-8-7-9-12-26)21-25-15-17-28(18-16-25)45(51)52/h7-18,21-22,24H,6,19-20,23H2,1-5H3,(H,41,48)(H,42,47)(H,43,46)/b31-21+. The minimum atomic E-state index is -0.668. The van der Waals surface area contributed by atoms with Gasteiger partial charge in [0.25, 0.3) is 17.5 Å². The van der Waals surface area contributed by atoms with Crippen LogP contribution in [0.3, 0.4) is 0 Å². The maximum Gasteiger partial charge on any atom is 0.410 e. The summed E-state index contributed by atoms with van der Waals surface area (Å²) in [5.41, 5.74) is 1.25. The molecule has 292 valence electrons. The minimum absolute atomic E-state index is 0.108. The van der Waals surface area contributed by atoms with Gasteiger partial charge in [0.2, 0.25) is 5.91 Å². The SMILES string of the molecule is CCOC(=O)c1c(NC(=O)C(C)Sc2cccc(NC(=O)/C(=C\c3ccc([N+](=O)[O-])cc3)NC(=O)c3ccccc3)c2)sc2c1CCN(C(=O)OC(C)(C)C)C2. The van der Waals surface area contributed by atoms with Gasteiger partial charge < -0.3 is 30.3 Å². The number of rotatable bonds is 12. The molecule has 1 aromatic heterocycles. The third-order valence-corrected chi connectivity index (χ3v) is 10.4. The van der Waals surface area contributed by atoms with Crippen LogP contribution in [0.4, 0.5) is 21.2 Å². The van der Waals surface area contributed by atoms with E-state index in [0.29, 0.717) is 39.7 Å². The molecule has 0 saturated carbocycles. The lowest BCUT2D eigenvalue weighted by atomic mass is 10.0. The molecule has 0 fully saturated rings. The molecule has 56 heavy (non-hydrogen) atoms. The van der Waals surface area contributed by atoms with Crippen LogP contribution in [0.25, 0.3) is 6.08 Å². The smallest absolute Gasteiger partial charge is 0.410 e. The predicted molar refractivity (Wildman–Crippen MR) is 215 cm³/mol. The number of nitrogens with one attached hydrogen (secondary N) is 3. The van der Waals surface area contributed by atoms with Crippen molar-refractivity contribution in [1.82, 2.24) is 10.2 Å². The van der Waals surface area contributed by atoms with Crippen LogP contribution in [0.2, 0.25) is 0 Å². The van der Waals surface area contributed by atoms with Crippen LogP contribution in [-0.4, -0.2) is 63.6 Å². The molecule has 14 nitrogen and oxygen atoms in total. The summed E-state index contributed by atoms with van der Waals surface area (Å²) >= 11 is 2.44. The van der Waals surface area contributed by atoms with Gasteiger partial charge >= 0.3 is 12.1 Å². The quantitative estimate of drug-likeness (QED) is 0.0422. The average molecular weight is 800 g/mol. The van der Waals surface area contributed by atoms with Crippen molar-refractivity contribution in [3.8, 4) is 0 Å². The van der Waals surface area contributed by atoms with Gasteiger partial charge in [-0.2, -0.15) is 0 Å². The van der Waals surface area contributed by atoms with E-state index in [0.717, 1.165) is 10.4 Å². The van der Waals surface area contributed by atoms with E-state index in [1.54, 1.807) is 94.1 Å². The van der Waals surface area contributed by atoms with Gasteiger partial charge in [-0.15, -0.1) is 23.1 Å². The van der Waals surface area contributed by atoms with Crippen molar-refractivity contribution in [2.45, 2.75) is 63.3 Å². The summed E-state index contributed by atoms with van der Waals surface area (Å²) in [4.78, 5) is 79.7. The zero-order valence-corrected chi connectivity index (χ0v) is 33.0. The minimum Gasteiger partial charge on any atom is -0.462 e. The third-order valence-electron chi connectivity index (χ3n) is 8.14. The van der Waals surface area contributed by atoms with Gasteiger partial charge in [0.15, 0.2) is 0 Å². The Labute approximate surface area is 331 Å². The first-order chi connectivity index (χ1) is 26.6. The second-order valence-corrected chi connectivity index (χ2v) is 16.1. The van der Waals surface area contributed by atoms with Gasteiger partial charge in [0, 0.05) is 39.7 Å². The van der Waals surface area contributed by atoms with E-state index < -0.39 is 39.7 Å². The lowest BCUT2D eigenvalue weighted by Crippen LogP contribution is -2.39. The number of non-ortho nitro benzene ring substituents is 1. The molecule has 0 bridgehead atoms. The summed E-state index contributed by atoms with van der Waals surface area (Å²) in [7, 11) is 0. The fourth-order valence-corrected chi connectivity index (χ4v) is 7.69. The number of nitrogens with zero attached hydrogens (tertiary/aromatic N) is 2. The number of nitro groups is 1. The molecule has 0 spiro atoms. The molecule has 1 aliphatic heterocycles. The van der Waals surface area contributed by atoms with Gasteiger partial charge in [-0.1, -0.05) is 24.3 Å². The molecule has 5 rings (SSSR count). The second kappa shape index (κ2) is 18.1. The number of ether oxygens (including phenoxy) is 2. The number of amides is 4. The van der Waals surface area contributed by atoms with E-state index in [1.807, 2.05) is 0 Å². The molecule has 1 atom stereocenters. The molecule has 0 radical (unpaired) electrons. The van der Waals surface area contributed by atoms with Crippen molar-refractivity contribution in [2.24, 2.45) is 0 Å². The number of carbonyl (C=O) groups excluding carboxylic acids is 5. The van der Waals surface area contributed by atoms with E-state index in [4.69, 9.17) is 9.47 Å². The highest BCUT2D eigenvalue weighted by atomic mass is 32.2. The molecule has 0 saturated heterocycles. The average Bonchev–Trinajstić information content (AvgIpc) is 3.51. The van der Waals surface area contributed by atoms with Crippen LogP contribution in [0.15, 0.2) is 89.5 Å². The van der Waals surface area contributed by atoms with Crippen LogP contribution in [-0.2, 0) is 32.0 Å². The predicted octanol–water partition coefficient (Wildman–Crippen LogP) is 7.66. The molecule has 16 heteroatoms. The normalized spacial score (nSPS) is 13.2. The van der Waals surface area contributed by atoms with Gasteiger partial charge in [0.1, 0.15) is 16.3 Å². The summed E-state index contributed by atoms with van der Waals surface area (Å²) in [6.45, 7) is 9.48. The Bertz CT molecular complexity index is 2160. The van der Waals surface area contributed by atoms with Gasteiger partial charge in [-0.05, 0) is 101 Å². The van der Waals surface area contributed by atoms with Crippen LogP contribution in [0, 0.1) is 10.1 Å². The third kappa shape index (κ3) is 10.8. The van der Waals surface area contributed by atoms with Crippen molar-refractivity contribution < 1.29 is 38.4 Å². The Hall–Kier alpha value is -6.00. The van der Waals surface area contributed by atoms with E-state index >= 15 is 0 Å². The highest BCUT2D eigenvalue weighted by Gasteiger charge is 2.33. The first-order valence-electron chi connectivity index (χ1n) is 17.6. The number of thiophene rings is 1. The fourth-order valence-electron chi connectivity index (χ4n) is 5.51. The van der Waals surface area contributed by atoms with E-state index in [2.05, 4.69) is 16.0 Å². The molecule has 1 unspecified atom stereocenters. The number of fused-ring (bicyclic) bond motifs is 1. The maximum absolute atomic E-state index is 13.6. The maximum atomic E-state index is 13.6. The van der Waals surface area contributed by atoms with Crippen molar-refractivity contribution in [3.63, 3.8) is 0 Å². The number of nitro benzene ring substituents is 1. The van der Waals surface area contributed by atoms with Crippen molar-refractivity contribution >= 4 is 75.3 Å². The number of anilines is 2. The summed E-state index contributed by atoms with van der Waals surface area (Å²) in [6.07, 6.45) is 1.34. The van der Waals surface area contributed by atoms with Gasteiger partial charge in [-0.25, -0.2) is 9.59 Å². The summed E-state index contributed by atoms with van der Waals surface area (Å²) in [5, 5.41) is 19.1. The zero-order valence-electron chi connectivity index (χ0n) is 31.4. The number of carbonyl (C=O) groups is 5. The van der Waals surface area contributed by atoms with Gasteiger partial charge in [0.05, 0.1) is 28.9 Å². The summed E-state index contributed by atoms with van der Waals surface area (Å²) < 4.78 is 10.9. The Morgan fingerprint density at radius 1 is 1.00 bits per heavy atom. The van der Waals surface area contributed by atoms with Crippen molar-refractivity contribution in [1.29, 1.82) is 0 Å².